The number of hydrazone groups is 1. The number of pyridine rings is 1. The van der Waals surface area contributed by atoms with Crippen LogP contribution < -0.4 is 10.3 Å². The van der Waals surface area contributed by atoms with Crippen molar-refractivity contribution in [3.63, 3.8) is 0 Å². The molecule has 0 spiro atoms. The van der Waals surface area contributed by atoms with E-state index in [1.807, 2.05) is 49.3 Å². The van der Waals surface area contributed by atoms with Crippen molar-refractivity contribution in [3.05, 3.63) is 50.6 Å². The molecule has 1 heterocycles. The van der Waals surface area contributed by atoms with Gasteiger partial charge in [-0.1, -0.05) is 46.9 Å². The van der Waals surface area contributed by atoms with Crippen molar-refractivity contribution in [1.82, 2.24) is 4.98 Å². The number of hydrogen-bond acceptors (Lipinski definition) is 5. The van der Waals surface area contributed by atoms with Crippen LogP contribution in [0.25, 0.3) is 0 Å². The molecule has 0 aliphatic rings. The lowest BCUT2D eigenvalue weighted by Crippen LogP contribution is -2.08. The van der Waals surface area contributed by atoms with Gasteiger partial charge < -0.3 is 4.90 Å². The Morgan fingerprint density at radius 2 is 1.83 bits per heavy atom. The van der Waals surface area contributed by atoms with E-state index in [1.54, 1.807) is 6.21 Å². The van der Waals surface area contributed by atoms with Gasteiger partial charge in [0.25, 0.3) is 0 Å². The highest BCUT2D eigenvalue weighted by Crippen LogP contribution is 2.34. The van der Waals surface area contributed by atoms with E-state index < -0.39 is 0 Å². The smallest absolute Gasteiger partial charge is 0.168 e. The zero-order chi connectivity index (χ0) is 17.0. The first-order chi connectivity index (χ1) is 10.9. The molecule has 0 aliphatic heterocycles. The highest BCUT2D eigenvalue weighted by molar-refractivity contribution is 6.45. The second-order valence-electron chi connectivity index (χ2n) is 4.72. The van der Waals surface area contributed by atoms with E-state index >= 15 is 0 Å². The fraction of sp³-hybridized carbons (Fsp3) is 0.133. The molecule has 118 valence electrons. The number of halogens is 3. The number of nitriles is 1. The molecule has 23 heavy (non-hydrogen) atoms. The molecule has 8 heteroatoms. The molecule has 2 aromatic rings. The van der Waals surface area contributed by atoms with Crippen molar-refractivity contribution < 1.29 is 0 Å². The number of nitrogens with zero attached hydrogens (tertiary/aromatic N) is 4. The van der Waals surface area contributed by atoms with E-state index in [-0.39, 0.29) is 26.6 Å². The summed E-state index contributed by atoms with van der Waals surface area (Å²) in [5.74, 6) is 0.182. The average molecular weight is 369 g/mol. The van der Waals surface area contributed by atoms with Crippen molar-refractivity contribution in [1.29, 1.82) is 5.26 Å². The van der Waals surface area contributed by atoms with Gasteiger partial charge in [-0.3, -0.25) is 5.43 Å². The summed E-state index contributed by atoms with van der Waals surface area (Å²) in [5.41, 5.74) is 4.69. The molecule has 0 unspecified atom stereocenters. The quantitative estimate of drug-likeness (QED) is 0.493. The second kappa shape index (κ2) is 7.51. The number of benzene rings is 1. The molecule has 1 aromatic heterocycles. The Bertz CT molecular complexity index is 779. The van der Waals surface area contributed by atoms with Gasteiger partial charge >= 0.3 is 0 Å². The summed E-state index contributed by atoms with van der Waals surface area (Å²) in [6.07, 6.45) is 1.61. The number of nitrogens with one attached hydrogen (secondary N) is 1. The van der Waals surface area contributed by atoms with Gasteiger partial charge in [-0.25, -0.2) is 4.98 Å². The van der Waals surface area contributed by atoms with Crippen LogP contribution in [0.5, 0.6) is 0 Å². The summed E-state index contributed by atoms with van der Waals surface area (Å²) in [6.45, 7) is 0. The highest BCUT2D eigenvalue weighted by Gasteiger charge is 2.15. The number of aromatic nitrogens is 1. The lowest BCUT2D eigenvalue weighted by Gasteiger charge is -2.11. The fourth-order valence-corrected chi connectivity index (χ4v) is 2.37. The van der Waals surface area contributed by atoms with Gasteiger partial charge in [0.2, 0.25) is 0 Å². The third-order valence-corrected chi connectivity index (χ3v) is 4.06. The topological polar surface area (TPSA) is 64.3 Å². The highest BCUT2D eigenvalue weighted by atomic mass is 35.5. The van der Waals surface area contributed by atoms with Crippen molar-refractivity contribution in [2.75, 3.05) is 24.4 Å². The van der Waals surface area contributed by atoms with Gasteiger partial charge in [-0.05, 0) is 17.7 Å². The normalized spacial score (nSPS) is 10.6. The maximum atomic E-state index is 8.93. The SMILES string of the molecule is CN(C)c1ccc(/C=N\Nc2nc(Cl)c(C#N)c(Cl)c2Cl)cc1. The van der Waals surface area contributed by atoms with Gasteiger partial charge in [-0.2, -0.15) is 10.4 Å². The van der Waals surface area contributed by atoms with E-state index in [4.69, 9.17) is 40.1 Å². The first-order valence-corrected chi connectivity index (χ1v) is 7.58. The van der Waals surface area contributed by atoms with Crippen LogP contribution in [0.3, 0.4) is 0 Å². The Morgan fingerprint density at radius 1 is 1.17 bits per heavy atom. The lowest BCUT2D eigenvalue weighted by atomic mass is 10.2. The summed E-state index contributed by atoms with van der Waals surface area (Å²) < 4.78 is 0. The first-order valence-electron chi connectivity index (χ1n) is 6.45. The minimum atomic E-state index is -0.0325. The second-order valence-corrected chi connectivity index (χ2v) is 5.84. The molecule has 1 N–H and O–H groups in total. The summed E-state index contributed by atoms with van der Waals surface area (Å²) in [5, 5.41) is 13.1. The van der Waals surface area contributed by atoms with Crippen molar-refractivity contribution in [2.24, 2.45) is 5.10 Å². The summed E-state index contributed by atoms with van der Waals surface area (Å²) in [6, 6.07) is 9.65. The molecule has 0 aliphatic carbocycles. The zero-order valence-electron chi connectivity index (χ0n) is 12.3. The Hall–Kier alpha value is -2.00. The predicted molar refractivity (Wildman–Crippen MR) is 96.0 cm³/mol. The predicted octanol–water partition coefficient (Wildman–Crippen LogP) is 4.43. The van der Waals surface area contributed by atoms with Crippen molar-refractivity contribution in [2.45, 2.75) is 0 Å². The standard InChI is InChI=1S/C15H12Cl3N5/c1-23(2)10-5-3-9(4-6-10)8-20-22-15-13(17)12(16)11(7-19)14(18)21-15/h3-6,8H,1-2H3,(H,21,22)/b20-8-. The number of rotatable bonds is 4. The van der Waals surface area contributed by atoms with Crippen LogP contribution in [0.4, 0.5) is 11.5 Å². The van der Waals surface area contributed by atoms with E-state index in [1.165, 1.54) is 0 Å². The third-order valence-electron chi connectivity index (χ3n) is 2.94. The minimum Gasteiger partial charge on any atom is -0.378 e. The lowest BCUT2D eigenvalue weighted by molar-refractivity contribution is 1.13. The molecule has 0 bridgehead atoms. The van der Waals surface area contributed by atoms with Crippen LogP contribution in [-0.4, -0.2) is 25.3 Å². The van der Waals surface area contributed by atoms with Crippen LogP contribution in [0.2, 0.25) is 15.2 Å². The summed E-state index contributed by atoms with van der Waals surface area (Å²) in [7, 11) is 3.94. The van der Waals surface area contributed by atoms with E-state index in [2.05, 4.69) is 15.5 Å². The van der Waals surface area contributed by atoms with E-state index in [0.29, 0.717) is 0 Å². The molecule has 0 amide bonds. The molecule has 1 aromatic carbocycles. The first kappa shape index (κ1) is 17.4. The van der Waals surface area contributed by atoms with Gasteiger partial charge in [-0.15, -0.1) is 0 Å². The Morgan fingerprint density at radius 3 is 2.39 bits per heavy atom. The van der Waals surface area contributed by atoms with Crippen LogP contribution in [-0.2, 0) is 0 Å². The molecular formula is C15H12Cl3N5. The van der Waals surface area contributed by atoms with Crippen LogP contribution in [0, 0.1) is 11.3 Å². The molecular weight excluding hydrogens is 357 g/mol. The molecule has 2 rings (SSSR count). The fourth-order valence-electron chi connectivity index (χ4n) is 1.70. The largest absolute Gasteiger partial charge is 0.378 e. The van der Waals surface area contributed by atoms with Gasteiger partial charge in [0.15, 0.2) is 11.0 Å². The van der Waals surface area contributed by atoms with Crippen LogP contribution in [0.15, 0.2) is 29.4 Å². The molecule has 5 nitrogen and oxygen atoms in total. The Labute approximate surface area is 149 Å². The summed E-state index contributed by atoms with van der Waals surface area (Å²) in [4.78, 5) is 5.97. The Balaban J connectivity index is 2.16. The van der Waals surface area contributed by atoms with Crippen molar-refractivity contribution in [3.8, 4) is 6.07 Å². The molecule has 0 saturated carbocycles. The molecule has 0 radical (unpaired) electrons. The van der Waals surface area contributed by atoms with Gasteiger partial charge in [0.05, 0.1) is 11.2 Å². The number of anilines is 2. The van der Waals surface area contributed by atoms with E-state index in [0.717, 1.165) is 11.3 Å². The Kier molecular flexibility index (Phi) is 5.67. The van der Waals surface area contributed by atoms with Crippen molar-refractivity contribution >= 4 is 52.5 Å². The molecule has 0 fully saturated rings. The maximum absolute atomic E-state index is 8.93. The van der Waals surface area contributed by atoms with Gasteiger partial charge in [0.1, 0.15) is 16.7 Å². The van der Waals surface area contributed by atoms with E-state index in [9.17, 15) is 0 Å². The monoisotopic (exact) mass is 367 g/mol. The van der Waals surface area contributed by atoms with Crippen LogP contribution in [0.1, 0.15) is 11.1 Å². The minimum absolute atomic E-state index is 0.0325. The maximum Gasteiger partial charge on any atom is 0.168 e. The zero-order valence-corrected chi connectivity index (χ0v) is 14.6. The third kappa shape index (κ3) is 4.05. The molecule has 0 saturated heterocycles. The number of hydrogen-bond donors (Lipinski definition) is 1. The van der Waals surface area contributed by atoms with Gasteiger partial charge in [0, 0.05) is 19.8 Å². The molecule has 0 atom stereocenters. The van der Waals surface area contributed by atoms with Crippen LogP contribution >= 0.6 is 34.8 Å². The average Bonchev–Trinajstić information content (AvgIpc) is 2.53. The summed E-state index contributed by atoms with van der Waals surface area (Å²) >= 11 is 17.9.